The van der Waals surface area contributed by atoms with E-state index >= 15 is 0 Å². The molecule has 2 amide bonds. The largest absolute Gasteiger partial charge is 0.324 e. The third-order valence-electron chi connectivity index (χ3n) is 3.27. The van der Waals surface area contributed by atoms with Crippen LogP contribution in [0.2, 0.25) is 0 Å². The summed E-state index contributed by atoms with van der Waals surface area (Å²) < 4.78 is 0. The number of nitrogens with one attached hydrogen (secondary N) is 1. The first-order valence-corrected chi connectivity index (χ1v) is 5.76. The Hall–Kier alpha value is -2.20. The molecule has 0 saturated heterocycles. The molecule has 0 saturated carbocycles. The molecule has 1 atom stereocenters. The number of hydrogen-bond donors (Lipinski definition) is 2. The van der Waals surface area contributed by atoms with Gasteiger partial charge < -0.3 is 5.73 Å². The lowest BCUT2D eigenvalue weighted by atomic mass is 9.89. The van der Waals surface area contributed by atoms with Gasteiger partial charge in [0.05, 0.1) is 5.56 Å². The van der Waals surface area contributed by atoms with Gasteiger partial charge in [0.15, 0.2) is 0 Å². The van der Waals surface area contributed by atoms with Crippen LogP contribution in [0, 0.1) is 0 Å². The maximum absolute atomic E-state index is 12.0. The third kappa shape index (κ3) is 1.36. The van der Waals surface area contributed by atoms with Crippen molar-refractivity contribution in [1.29, 1.82) is 0 Å². The Morgan fingerprint density at radius 1 is 1.11 bits per heavy atom. The van der Waals surface area contributed by atoms with E-state index in [9.17, 15) is 9.59 Å². The Labute approximate surface area is 104 Å². The van der Waals surface area contributed by atoms with Gasteiger partial charge in [0, 0.05) is 17.0 Å². The zero-order valence-corrected chi connectivity index (χ0v) is 9.86. The highest BCUT2D eigenvalue weighted by molar-refractivity contribution is 6.26. The standard InChI is InChI=1S/C14H12N2O2/c1-7(15)9-6-5-8-3-2-4-10-11(8)12(9)14(18)16-13(10)17/h2-7H,15H2,1H3,(H,16,17,18). The summed E-state index contributed by atoms with van der Waals surface area (Å²) >= 11 is 0. The quantitative estimate of drug-likeness (QED) is 0.746. The van der Waals surface area contributed by atoms with Gasteiger partial charge in [0.2, 0.25) is 0 Å². The number of amides is 2. The van der Waals surface area contributed by atoms with Crippen molar-refractivity contribution in [2.24, 2.45) is 5.73 Å². The van der Waals surface area contributed by atoms with Gasteiger partial charge in [-0.05, 0) is 23.9 Å². The van der Waals surface area contributed by atoms with E-state index in [-0.39, 0.29) is 17.9 Å². The lowest BCUT2D eigenvalue weighted by Gasteiger charge is -2.20. The van der Waals surface area contributed by atoms with Crippen LogP contribution >= 0.6 is 0 Å². The molecule has 18 heavy (non-hydrogen) atoms. The second-order valence-electron chi connectivity index (χ2n) is 4.51. The number of carbonyl (C=O) groups excluding carboxylic acids is 2. The van der Waals surface area contributed by atoms with Crippen molar-refractivity contribution in [3.63, 3.8) is 0 Å². The second kappa shape index (κ2) is 3.65. The van der Waals surface area contributed by atoms with Gasteiger partial charge in [-0.1, -0.05) is 24.3 Å². The average molecular weight is 240 g/mol. The van der Waals surface area contributed by atoms with Crippen molar-refractivity contribution < 1.29 is 9.59 Å². The number of nitrogens with two attached hydrogens (primary N) is 1. The molecule has 2 aromatic carbocycles. The van der Waals surface area contributed by atoms with Gasteiger partial charge in [-0.15, -0.1) is 0 Å². The number of benzene rings is 2. The summed E-state index contributed by atoms with van der Waals surface area (Å²) in [6.07, 6.45) is 0. The molecule has 4 nitrogen and oxygen atoms in total. The number of imide groups is 1. The van der Waals surface area contributed by atoms with Crippen LogP contribution in [-0.4, -0.2) is 11.8 Å². The summed E-state index contributed by atoms with van der Waals surface area (Å²) in [4.78, 5) is 23.8. The number of rotatable bonds is 1. The van der Waals surface area contributed by atoms with Crippen LogP contribution in [0.5, 0.6) is 0 Å². The highest BCUT2D eigenvalue weighted by Gasteiger charge is 2.27. The van der Waals surface area contributed by atoms with Crippen LogP contribution in [0.1, 0.15) is 39.2 Å². The van der Waals surface area contributed by atoms with Crippen molar-refractivity contribution in [2.45, 2.75) is 13.0 Å². The van der Waals surface area contributed by atoms with Crippen molar-refractivity contribution in [3.05, 3.63) is 47.0 Å². The first-order chi connectivity index (χ1) is 8.59. The van der Waals surface area contributed by atoms with Crippen molar-refractivity contribution >= 4 is 22.6 Å². The Balaban J connectivity index is 2.51. The van der Waals surface area contributed by atoms with Crippen LogP contribution in [0.15, 0.2) is 30.3 Å². The van der Waals surface area contributed by atoms with E-state index < -0.39 is 0 Å². The molecular formula is C14H12N2O2. The summed E-state index contributed by atoms with van der Waals surface area (Å²) in [5.41, 5.74) is 7.71. The summed E-state index contributed by atoms with van der Waals surface area (Å²) in [6.45, 7) is 1.82. The minimum Gasteiger partial charge on any atom is -0.324 e. The van der Waals surface area contributed by atoms with Crippen LogP contribution in [-0.2, 0) is 0 Å². The van der Waals surface area contributed by atoms with E-state index in [1.807, 2.05) is 31.2 Å². The normalized spacial score (nSPS) is 15.7. The molecule has 1 heterocycles. The molecule has 1 aliphatic heterocycles. The smallest absolute Gasteiger partial charge is 0.259 e. The first-order valence-electron chi connectivity index (χ1n) is 5.76. The molecule has 3 rings (SSSR count). The van der Waals surface area contributed by atoms with Crippen molar-refractivity contribution in [3.8, 4) is 0 Å². The molecule has 2 aromatic rings. The van der Waals surface area contributed by atoms with Crippen LogP contribution in [0.25, 0.3) is 10.8 Å². The highest BCUT2D eigenvalue weighted by atomic mass is 16.2. The monoisotopic (exact) mass is 240 g/mol. The van der Waals surface area contributed by atoms with E-state index in [4.69, 9.17) is 5.73 Å². The van der Waals surface area contributed by atoms with Crippen LogP contribution in [0.4, 0.5) is 0 Å². The van der Waals surface area contributed by atoms with E-state index in [0.29, 0.717) is 16.5 Å². The number of hydrogen-bond acceptors (Lipinski definition) is 3. The molecular weight excluding hydrogens is 228 g/mol. The molecule has 0 radical (unpaired) electrons. The second-order valence-corrected chi connectivity index (χ2v) is 4.51. The highest BCUT2D eigenvalue weighted by Crippen LogP contribution is 2.31. The van der Waals surface area contributed by atoms with Crippen molar-refractivity contribution in [2.75, 3.05) is 0 Å². The average Bonchev–Trinajstić information content (AvgIpc) is 2.34. The fourth-order valence-corrected chi connectivity index (χ4v) is 2.44. The van der Waals surface area contributed by atoms with E-state index in [2.05, 4.69) is 5.32 Å². The zero-order chi connectivity index (χ0) is 12.9. The van der Waals surface area contributed by atoms with E-state index in [1.165, 1.54) is 0 Å². The number of carbonyl (C=O) groups is 2. The lowest BCUT2D eigenvalue weighted by Crippen LogP contribution is -2.36. The van der Waals surface area contributed by atoms with E-state index in [1.54, 1.807) is 6.07 Å². The summed E-state index contributed by atoms with van der Waals surface area (Å²) in [5.74, 6) is -0.712. The Bertz CT molecular complexity index is 689. The predicted molar refractivity (Wildman–Crippen MR) is 68.3 cm³/mol. The van der Waals surface area contributed by atoms with Crippen molar-refractivity contribution in [1.82, 2.24) is 5.32 Å². The van der Waals surface area contributed by atoms with Gasteiger partial charge in [-0.3, -0.25) is 14.9 Å². The van der Waals surface area contributed by atoms with E-state index in [0.717, 1.165) is 10.9 Å². The summed E-state index contributed by atoms with van der Waals surface area (Å²) in [5, 5.41) is 3.95. The molecule has 90 valence electrons. The molecule has 0 aromatic heterocycles. The van der Waals surface area contributed by atoms with Gasteiger partial charge in [0.25, 0.3) is 11.8 Å². The Morgan fingerprint density at radius 3 is 2.61 bits per heavy atom. The SMILES string of the molecule is CC(N)c1ccc2cccc3c2c1C(=O)NC3=O. The fourth-order valence-electron chi connectivity index (χ4n) is 2.44. The Kier molecular flexibility index (Phi) is 2.21. The van der Waals surface area contributed by atoms with Crippen LogP contribution in [0.3, 0.4) is 0 Å². The topological polar surface area (TPSA) is 72.2 Å². The first kappa shape index (κ1) is 10.9. The molecule has 0 fully saturated rings. The molecule has 0 bridgehead atoms. The maximum atomic E-state index is 12.0. The maximum Gasteiger partial charge on any atom is 0.259 e. The van der Waals surface area contributed by atoms with Gasteiger partial charge in [-0.2, -0.15) is 0 Å². The molecule has 3 N–H and O–H groups in total. The molecule has 0 aliphatic carbocycles. The molecule has 1 unspecified atom stereocenters. The molecule has 1 aliphatic rings. The Morgan fingerprint density at radius 2 is 1.89 bits per heavy atom. The molecule has 0 spiro atoms. The minimum atomic E-state index is -0.364. The van der Waals surface area contributed by atoms with Gasteiger partial charge in [-0.25, -0.2) is 0 Å². The van der Waals surface area contributed by atoms with Gasteiger partial charge in [0.1, 0.15) is 0 Å². The summed E-state index contributed by atoms with van der Waals surface area (Å²) in [6, 6.07) is 8.91. The predicted octanol–water partition coefficient (Wildman–Crippen LogP) is 1.74. The zero-order valence-electron chi connectivity index (χ0n) is 9.86. The molecule has 4 heteroatoms. The third-order valence-corrected chi connectivity index (χ3v) is 3.27. The minimum absolute atomic E-state index is 0.253. The fraction of sp³-hybridized carbons (Fsp3) is 0.143. The van der Waals surface area contributed by atoms with Crippen LogP contribution < -0.4 is 11.1 Å². The van der Waals surface area contributed by atoms with Gasteiger partial charge >= 0.3 is 0 Å². The summed E-state index contributed by atoms with van der Waals surface area (Å²) in [7, 11) is 0. The lowest BCUT2D eigenvalue weighted by molar-refractivity contribution is 0.0844.